The third-order valence-electron chi connectivity index (χ3n) is 5.44. The molecule has 0 spiro atoms. The summed E-state index contributed by atoms with van der Waals surface area (Å²) in [5.74, 6) is 0. The van der Waals surface area contributed by atoms with E-state index in [2.05, 4.69) is 56.0 Å². The van der Waals surface area contributed by atoms with Crippen LogP contribution in [0.4, 0.5) is 5.69 Å². The van der Waals surface area contributed by atoms with Gasteiger partial charge in [-0.1, -0.05) is 6.58 Å². The lowest BCUT2D eigenvalue weighted by molar-refractivity contribution is 0.123. The van der Waals surface area contributed by atoms with Crippen molar-refractivity contribution < 1.29 is 4.74 Å². The molecule has 1 aliphatic rings. The Bertz CT molecular complexity index is 1340. The zero-order valence-electron chi connectivity index (χ0n) is 18.7. The maximum Gasteiger partial charge on any atom is 0.200 e. The van der Waals surface area contributed by atoms with E-state index in [0.717, 1.165) is 64.0 Å². The number of morpholine rings is 1. The topological polar surface area (TPSA) is 71.2 Å². The van der Waals surface area contributed by atoms with Crippen molar-refractivity contribution in [2.24, 2.45) is 5.10 Å². The van der Waals surface area contributed by atoms with Crippen LogP contribution in [-0.4, -0.2) is 71.2 Å². The van der Waals surface area contributed by atoms with Crippen molar-refractivity contribution in [3.63, 3.8) is 0 Å². The molecule has 0 radical (unpaired) electrons. The third-order valence-corrected chi connectivity index (χ3v) is 6.39. The molecule has 0 N–H and O–H groups in total. The molecule has 4 heterocycles. The Hall–Kier alpha value is -3.43. The van der Waals surface area contributed by atoms with Gasteiger partial charge in [-0.3, -0.25) is 9.38 Å². The largest absolute Gasteiger partial charge is 0.378 e. The molecule has 33 heavy (non-hydrogen) atoms. The van der Waals surface area contributed by atoms with Crippen LogP contribution < -0.4 is 4.90 Å². The van der Waals surface area contributed by atoms with E-state index in [1.165, 1.54) is 5.69 Å². The number of hydrogen-bond donors (Lipinski definition) is 0. The second kappa shape index (κ2) is 9.21. The van der Waals surface area contributed by atoms with Crippen molar-refractivity contribution in [3.8, 4) is 0 Å². The Morgan fingerprint density at radius 1 is 1.15 bits per heavy atom. The number of hydrogen-bond acceptors (Lipinski definition) is 8. The van der Waals surface area contributed by atoms with Crippen LogP contribution in [0.3, 0.4) is 0 Å². The van der Waals surface area contributed by atoms with Crippen LogP contribution in [-0.2, 0) is 4.74 Å². The van der Waals surface area contributed by atoms with Gasteiger partial charge in [0.2, 0.25) is 0 Å². The number of ether oxygens (including phenoxy) is 1. The first-order chi connectivity index (χ1) is 16.1. The van der Waals surface area contributed by atoms with Crippen molar-refractivity contribution in [3.05, 3.63) is 60.9 Å². The molecule has 0 unspecified atom stereocenters. The Kier molecular flexibility index (Phi) is 5.97. The van der Waals surface area contributed by atoms with Gasteiger partial charge in [-0.15, -0.1) is 10.2 Å². The van der Waals surface area contributed by atoms with Crippen molar-refractivity contribution in [2.75, 3.05) is 45.3 Å². The zero-order chi connectivity index (χ0) is 22.8. The number of nitrogens with zero attached hydrogens (tertiary/aromatic N) is 7. The standard InChI is InChI=1S/C24H25N7OS/c1-17(15-26-29(2)3)18-4-7-23-27-28-24(31(23)16-18)33-19-5-6-21-20(14-19)22(8-9-25-21)30-10-12-32-13-11-30/h4-9,14-16H,1,10-13H2,2-3H3/b26-15-. The van der Waals surface area contributed by atoms with Gasteiger partial charge in [-0.25, -0.2) is 0 Å². The minimum atomic E-state index is 0.747. The molecule has 0 amide bonds. The number of rotatable bonds is 6. The summed E-state index contributed by atoms with van der Waals surface area (Å²) in [5.41, 5.74) is 4.74. The molecule has 1 saturated heterocycles. The number of pyridine rings is 2. The van der Waals surface area contributed by atoms with Gasteiger partial charge in [0.1, 0.15) is 0 Å². The predicted octanol–water partition coefficient (Wildman–Crippen LogP) is 3.83. The van der Waals surface area contributed by atoms with Gasteiger partial charge in [-0.05, 0) is 59.3 Å². The molecule has 3 aromatic heterocycles. The summed E-state index contributed by atoms with van der Waals surface area (Å²) < 4.78 is 7.52. The molecule has 0 bridgehead atoms. The third kappa shape index (κ3) is 4.55. The first kappa shape index (κ1) is 21.4. The highest BCUT2D eigenvalue weighted by Gasteiger charge is 2.15. The van der Waals surface area contributed by atoms with Crippen LogP contribution in [0.5, 0.6) is 0 Å². The Morgan fingerprint density at radius 2 is 2.00 bits per heavy atom. The molecule has 4 aromatic rings. The lowest BCUT2D eigenvalue weighted by Crippen LogP contribution is -2.36. The van der Waals surface area contributed by atoms with E-state index in [0.29, 0.717) is 0 Å². The summed E-state index contributed by atoms with van der Waals surface area (Å²) in [6.07, 6.45) is 5.63. The van der Waals surface area contributed by atoms with Crippen LogP contribution in [0.25, 0.3) is 22.1 Å². The van der Waals surface area contributed by atoms with E-state index in [-0.39, 0.29) is 0 Å². The zero-order valence-corrected chi connectivity index (χ0v) is 19.5. The molecular weight excluding hydrogens is 434 g/mol. The lowest BCUT2D eigenvalue weighted by Gasteiger charge is -2.29. The number of benzene rings is 1. The fraction of sp³-hybridized carbons (Fsp3) is 0.250. The maximum atomic E-state index is 5.53. The SMILES string of the molecule is C=C(/C=N\N(C)C)c1ccc2nnc(Sc3ccc4nccc(N5CCOCC5)c4c3)n2c1. The first-order valence-corrected chi connectivity index (χ1v) is 11.5. The summed E-state index contributed by atoms with van der Waals surface area (Å²) in [5, 5.41) is 16.7. The monoisotopic (exact) mass is 459 g/mol. The van der Waals surface area contributed by atoms with Crippen LogP contribution in [0.2, 0.25) is 0 Å². The molecule has 0 saturated carbocycles. The van der Waals surface area contributed by atoms with Crippen LogP contribution in [0, 0.1) is 0 Å². The minimum absolute atomic E-state index is 0.747. The van der Waals surface area contributed by atoms with Gasteiger partial charge in [0, 0.05) is 55.5 Å². The van der Waals surface area contributed by atoms with Crippen LogP contribution >= 0.6 is 11.8 Å². The van der Waals surface area contributed by atoms with Crippen molar-refractivity contribution in [1.29, 1.82) is 0 Å². The smallest absolute Gasteiger partial charge is 0.200 e. The van der Waals surface area contributed by atoms with E-state index in [1.54, 1.807) is 23.0 Å². The molecule has 1 fully saturated rings. The van der Waals surface area contributed by atoms with E-state index in [4.69, 9.17) is 4.74 Å². The number of allylic oxidation sites excluding steroid dienone is 1. The molecular formula is C24H25N7OS. The number of hydrazone groups is 1. The van der Waals surface area contributed by atoms with Crippen molar-refractivity contribution >= 4 is 45.8 Å². The molecule has 1 aromatic carbocycles. The second-order valence-corrected chi connectivity index (χ2v) is 9.00. The molecule has 5 rings (SSSR count). The maximum absolute atomic E-state index is 5.53. The van der Waals surface area contributed by atoms with Gasteiger partial charge in [0.25, 0.3) is 0 Å². The average Bonchev–Trinajstić information content (AvgIpc) is 3.24. The Balaban J connectivity index is 1.47. The van der Waals surface area contributed by atoms with E-state index in [1.807, 2.05) is 43.0 Å². The molecule has 9 heteroatoms. The second-order valence-electron chi connectivity index (χ2n) is 7.96. The van der Waals surface area contributed by atoms with Crippen LogP contribution in [0.15, 0.2) is 70.5 Å². The fourth-order valence-electron chi connectivity index (χ4n) is 3.75. The summed E-state index contributed by atoms with van der Waals surface area (Å²) >= 11 is 1.58. The van der Waals surface area contributed by atoms with Crippen LogP contribution in [0.1, 0.15) is 5.56 Å². The molecule has 1 aliphatic heterocycles. The molecule has 168 valence electrons. The predicted molar refractivity (Wildman–Crippen MR) is 133 cm³/mol. The van der Waals surface area contributed by atoms with Gasteiger partial charge in [0.05, 0.1) is 24.9 Å². The Labute approximate surface area is 196 Å². The summed E-state index contributed by atoms with van der Waals surface area (Å²) in [4.78, 5) is 8.00. The number of fused-ring (bicyclic) bond motifs is 2. The minimum Gasteiger partial charge on any atom is -0.378 e. The highest BCUT2D eigenvalue weighted by atomic mass is 32.2. The van der Waals surface area contributed by atoms with Gasteiger partial charge < -0.3 is 14.6 Å². The average molecular weight is 460 g/mol. The lowest BCUT2D eigenvalue weighted by atomic mass is 10.1. The quantitative estimate of drug-likeness (QED) is 0.321. The number of aromatic nitrogens is 4. The molecule has 8 nitrogen and oxygen atoms in total. The summed E-state index contributed by atoms with van der Waals surface area (Å²) in [6.45, 7) is 7.39. The van der Waals surface area contributed by atoms with Gasteiger partial charge in [-0.2, -0.15) is 5.10 Å². The fourth-order valence-corrected chi connectivity index (χ4v) is 4.60. The molecule has 0 atom stereocenters. The number of anilines is 1. The molecule has 0 aliphatic carbocycles. The summed E-state index contributed by atoms with van der Waals surface area (Å²) in [6, 6.07) is 12.3. The van der Waals surface area contributed by atoms with Gasteiger partial charge >= 0.3 is 0 Å². The van der Waals surface area contributed by atoms with Crippen molar-refractivity contribution in [1.82, 2.24) is 24.6 Å². The normalized spacial score (nSPS) is 14.4. The van der Waals surface area contributed by atoms with Crippen molar-refractivity contribution in [2.45, 2.75) is 10.1 Å². The highest BCUT2D eigenvalue weighted by Crippen LogP contribution is 2.33. The van der Waals surface area contributed by atoms with E-state index >= 15 is 0 Å². The highest BCUT2D eigenvalue weighted by molar-refractivity contribution is 7.99. The Morgan fingerprint density at radius 3 is 2.82 bits per heavy atom. The van der Waals surface area contributed by atoms with Gasteiger partial charge in [0.15, 0.2) is 10.8 Å². The first-order valence-electron chi connectivity index (χ1n) is 10.7. The van der Waals surface area contributed by atoms with E-state index in [9.17, 15) is 0 Å². The summed E-state index contributed by atoms with van der Waals surface area (Å²) in [7, 11) is 3.76. The van der Waals surface area contributed by atoms with E-state index < -0.39 is 0 Å².